The molecule has 0 saturated heterocycles. The Balaban J connectivity index is 1.35. The van der Waals surface area contributed by atoms with Crippen LogP contribution in [0.15, 0.2) is 24.3 Å². The molecule has 8 heteroatoms. The predicted octanol–water partition coefficient (Wildman–Crippen LogP) is 2.50. The maximum Gasteiger partial charge on any atom is 0.306 e. The van der Waals surface area contributed by atoms with E-state index in [-0.39, 0.29) is 30.2 Å². The highest BCUT2D eigenvalue weighted by Gasteiger charge is 2.28. The quantitative estimate of drug-likeness (QED) is 0.738. The van der Waals surface area contributed by atoms with Crippen LogP contribution in [-0.4, -0.2) is 50.8 Å². The van der Waals surface area contributed by atoms with Crippen LogP contribution in [0.5, 0.6) is 0 Å². The SMILES string of the molecule is Cc1nn(Cc2ccc(F)cc2)c2c1CCN(C(=O)CN[C@H]1CC[C@@H](C(=O)O)CC1)C2. The summed E-state index contributed by atoms with van der Waals surface area (Å²) in [7, 11) is 0. The van der Waals surface area contributed by atoms with Crippen LogP contribution in [0.1, 0.15) is 48.2 Å². The molecule has 2 N–H and O–H groups in total. The van der Waals surface area contributed by atoms with Gasteiger partial charge in [-0.05, 0) is 62.3 Å². The fraction of sp³-hybridized carbons (Fsp3) is 0.522. The topological polar surface area (TPSA) is 87.5 Å². The van der Waals surface area contributed by atoms with Crippen LogP contribution in [0.25, 0.3) is 0 Å². The van der Waals surface area contributed by atoms with E-state index in [9.17, 15) is 14.0 Å². The summed E-state index contributed by atoms with van der Waals surface area (Å²) < 4.78 is 15.1. The molecule has 1 fully saturated rings. The van der Waals surface area contributed by atoms with Gasteiger partial charge < -0.3 is 15.3 Å². The molecule has 2 aromatic rings. The minimum atomic E-state index is -0.716. The number of hydrogen-bond acceptors (Lipinski definition) is 4. The molecule has 2 aliphatic rings. The highest BCUT2D eigenvalue weighted by Crippen LogP contribution is 2.25. The Morgan fingerprint density at radius 2 is 1.90 bits per heavy atom. The summed E-state index contributed by atoms with van der Waals surface area (Å²) in [5.41, 5.74) is 4.20. The first-order valence-electron chi connectivity index (χ1n) is 10.9. The van der Waals surface area contributed by atoms with Crippen molar-refractivity contribution < 1.29 is 19.1 Å². The Morgan fingerprint density at radius 3 is 2.58 bits per heavy atom. The maximum absolute atomic E-state index is 13.2. The van der Waals surface area contributed by atoms with E-state index in [1.54, 1.807) is 12.1 Å². The van der Waals surface area contributed by atoms with E-state index < -0.39 is 5.97 Å². The fourth-order valence-electron chi connectivity index (χ4n) is 4.67. The van der Waals surface area contributed by atoms with Gasteiger partial charge in [0.05, 0.1) is 36.9 Å². The van der Waals surface area contributed by atoms with Crippen LogP contribution in [0.3, 0.4) is 0 Å². The number of halogens is 1. The Kier molecular flexibility index (Phi) is 6.36. The molecule has 0 bridgehead atoms. The molecule has 1 aromatic carbocycles. The van der Waals surface area contributed by atoms with Crippen LogP contribution in [0, 0.1) is 18.7 Å². The number of carbonyl (C=O) groups excluding carboxylic acids is 1. The zero-order valence-corrected chi connectivity index (χ0v) is 17.8. The lowest BCUT2D eigenvalue weighted by Gasteiger charge is -2.30. The molecule has 1 aliphatic carbocycles. The summed E-state index contributed by atoms with van der Waals surface area (Å²) in [6.45, 7) is 3.99. The molecular formula is C23H29FN4O3. The summed E-state index contributed by atoms with van der Waals surface area (Å²) in [5, 5.41) is 17.1. The van der Waals surface area contributed by atoms with Crippen LogP contribution in [0.2, 0.25) is 0 Å². The molecule has 31 heavy (non-hydrogen) atoms. The van der Waals surface area contributed by atoms with Gasteiger partial charge in [-0.2, -0.15) is 5.10 Å². The average Bonchev–Trinajstić information content (AvgIpc) is 3.08. The van der Waals surface area contributed by atoms with Crippen molar-refractivity contribution in [3.63, 3.8) is 0 Å². The molecule has 1 aromatic heterocycles. The first-order valence-corrected chi connectivity index (χ1v) is 10.9. The van der Waals surface area contributed by atoms with E-state index in [1.165, 1.54) is 17.7 Å². The molecule has 1 saturated carbocycles. The zero-order chi connectivity index (χ0) is 22.0. The van der Waals surface area contributed by atoms with Gasteiger partial charge in [-0.25, -0.2) is 4.39 Å². The highest BCUT2D eigenvalue weighted by molar-refractivity contribution is 5.78. The number of aliphatic carboxylic acids is 1. The number of fused-ring (bicyclic) bond motifs is 1. The Labute approximate surface area is 181 Å². The van der Waals surface area contributed by atoms with E-state index in [2.05, 4.69) is 10.4 Å². The number of benzene rings is 1. The van der Waals surface area contributed by atoms with Crippen molar-refractivity contribution in [1.29, 1.82) is 0 Å². The minimum Gasteiger partial charge on any atom is -0.481 e. The normalized spacial score (nSPS) is 21.0. The van der Waals surface area contributed by atoms with E-state index in [0.717, 1.165) is 36.2 Å². The van der Waals surface area contributed by atoms with E-state index >= 15 is 0 Å². The number of aryl methyl sites for hydroxylation is 1. The molecule has 0 atom stereocenters. The lowest BCUT2D eigenvalue weighted by molar-refractivity contribution is -0.143. The van der Waals surface area contributed by atoms with Gasteiger partial charge >= 0.3 is 5.97 Å². The van der Waals surface area contributed by atoms with Crippen molar-refractivity contribution in [2.45, 2.75) is 58.2 Å². The average molecular weight is 429 g/mol. The van der Waals surface area contributed by atoms with Gasteiger partial charge in [0.1, 0.15) is 5.82 Å². The van der Waals surface area contributed by atoms with Crippen LogP contribution < -0.4 is 5.32 Å². The number of aromatic nitrogens is 2. The van der Waals surface area contributed by atoms with Crippen LogP contribution >= 0.6 is 0 Å². The van der Waals surface area contributed by atoms with Gasteiger partial charge in [-0.1, -0.05) is 12.1 Å². The number of hydrogen-bond donors (Lipinski definition) is 2. The molecule has 2 heterocycles. The van der Waals surface area contributed by atoms with Gasteiger partial charge in [0.25, 0.3) is 0 Å². The van der Waals surface area contributed by atoms with Gasteiger partial charge in [0.2, 0.25) is 5.91 Å². The number of nitrogens with zero attached hydrogens (tertiary/aromatic N) is 3. The number of carboxylic acid groups (broad SMARTS) is 1. The summed E-state index contributed by atoms with van der Waals surface area (Å²) in [6.07, 6.45) is 3.68. The van der Waals surface area contributed by atoms with Gasteiger partial charge in [0, 0.05) is 12.6 Å². The lowest BCUT2D eigenvalue weighted by atomic mass is 9.86. The molecule has 1 amide bonds. The number of amides is 1. The largest absolute Gasteiger partial charge is 0.481 e. The van der Waals surface area contributed by atoms with Crippen LogP contribution in [-0.2, 0) is 29.1 Å². The Hall–Kier alpha value is -2.74. The second-order valence-electron chi connectivity index (χ2n) is 8.63. The van der Waals surface area contributed by atoms with E-state index in [0.29, 0.717) is 32.5 Å². The molecule has 1 aliphatic heterocycles. The molecule has 7 nitrogen and oxygen atoms in total. The summed E-state index contributed by atoms with van der Waals surface area (Å²) in [5.74, 6) is -1.17. The van der Waals surface area contributed by atoms with Crippen molar-refractivity contribution in [1.82, 2.24) is 20.0 Å². The first kappa shape index (κ1) is 21.5. The number of carboxylic acids is 1. The molecular weight excluding hydrogens is 399 g/mol. The van der Waals surface area contributed by atoms with Gasteiger partial charge in [-0.15, -0.1) is 0 Å². The molecule has 0 radical (unpaired) electrons. The Morgan fingerprint density at radius 1 is 1.19 bits per heavy atom. The monoisotopic (exact) mass is 428 g/mol. The number of rotatable bonds is 6. The maximum atomic E-state index is 13.2. The van der Waals surface area contributed by atoms with Crippen molar-refractivity contribution >= 4 is 11.9 Å². The fourth-order valence-corrected chi connectivity index (χ4v) is 4.67. The van der Waals surface area contributed by atoms with E-state index in [1.807, 2.05) is 16.5 Å². The summed E-state index contributed by atoms with van der Waals surface area (Å²) in [4.78, 5) is 25.8. The zero-order valence-electron chi connectivity index (χ0n) is 17.8. The standard InChI is InChI=1S/C23H29FN4O3/c1-15-20-10-11-27(22(29)12-25-19-8-4-17(5-9-19)23(30)31)14-21(20)28(26-15)13-16-2-6-18(24)7-3-16/h2-3,6-7,17,19,25H,4-5,8-14H2,1H3,(H,30,31)/t17-,19+. The third-order valence-corrected chi connectivity index (χ3v) is 6.56. The van der Waals surface area contributed by atoms with Crippen LogP contribution in [0.4, 0.5) is 4.39 Å². The first-order chi connectivity index (χ1) is 14.9. The summed E-state index contributed by atoms with van der Waals surface area (Å²) >= 11 is 0. The van der Waals surface area contributed by atoms with Gasteiger partial charge in [-0.3, -0.25) is 14.3 Å². The smallest absolute Gasteiger partial charge is 0.306 e. The van der Waals surface area contributed by atoms with Crippen molar-refractivity contribution in [2.24, 2.45) is 5.92 Å². The number of carbonyl (C=O) groups is 2. The predicted molar refractivity (Wildman–Crippen MR) is 113 cm³/mol. The molecule has 4 rings (SSSR count). The minimum absolute atomic E-state index is 0.0539. The van der Waals surface area contributed by atoms with Crippen molar-refractivity contribution in [2.75, 3.05) is 13.1 Å². The Bertz CT molecular complexity index is 948. The molecule has 0 unspecified atom stereocenters. The second-order valence-corrected chi connectivity index (χ2v) is 8.63. The highest BCUT2D eigenvalue weighted by atomic mass is 19.1. The van der Waals surface area contributed by atoms with E-state index in [4.69, 9.17) is 5.11 Å². The molecule has 0 spiro atoms. The lowest BCUT2D eigenvalue weighted by Crippen LogP contribution is -2.45. The van der Waals surface area contributed by atoms with Gasteiger partial charge in [0.15, 0.2) is 0 Å². The second kappa shape index (κ2) is 9.18. The van der Waals surface area contributed by atoms with Crippen molar-refractivity contribution in [3.8, 4) is 0 Å². The molecule has 166 valence electrons. The summed E-state index contributed by atoms with van der Waals surface area (Å²) in [6, 6.07) is 6.61. The third kappa shape index (κ3) is 4.95. The number of nitrogens with one attached hydrogen (secondary N) is 1. The third-order valence-electron chi connectivity index (χ3n) is 6.56. The van der Waals surface area contributed by atoms with Crippen molar-refractivity contribution in [3.05, 3.63) is 52.6 Å².